The van der Waals surface area contributed by atoms with Crippen molar-refractivity contribution in [3.05, 3.63) is 51.5 Å². The van der Waals surface area contributed by atoms with E-state index in [1.165, 1.54) is 11.6 Å². The van der Waals surface area contributed by atoms with E-state index < -0.39 is 6.10 Å². The summed E-state index contributed by atoms with van der Waals surface area (Å²) in [5.74, 6) is 0.0199. The summed E-state index contributed by atoms with van der Waals surface area (Å²) in [4.78, 5) is 12.6. The molecule has 152 valence electrons. The first-order chi connectivity index (χ1) is 13.1. The molecule has 2 aromatic carbocycles. The van der Waals surface area contributed by atoms with Crippen molar-refractivity contribution in [2.45, 2.75) is 59.0 Å². The SMILES string of the molecule is CCC(Oc1ccc(C(C)(C)CC)cc1)C(=O)Nc1cc(Cl)c(C)c(Cl)c1O. The third-order valence-corrected chi connectivity index (χ3v) is 6.00. The van der Waals surface area contributed by atoms with Gasteiger partial charge in [0.25, 0.3) is 5.91 Å². The van der Waals surface area contributed by atoms with Gasteiger partial charge >= 0.3 is 0 Å². The molecule has 0 heterocycles. The van der Waals surface area contributed by atoms with Crippen molar-refractivity contribution in [3.63, 3.8) is 0 Å². The number of phenolic OH excluding ortho intramolecular Hbond substituents is 1. The molecule has 0 bridgehead atoms. The number of phenols is 1. The van der Waals surface area contributed by atoms with Crippen LogP contribution in [0, 0.1) is 6.92 Å². The smallest absolute Gasteiger partial charge is 0.265 e. The normalized spacial score (nSPS) is 12.5. The third kappa shape index (κ3) is 4.92. The van der Waals surface area contributed by atoms with Crippen LogP contribution >= 0.6 is 23.2 Å². The number of halogens is 2. The first-order valence-electron chi connectivity index (χ1n) is 9.36. The van der Waals surface area contributed by atoms with Gasteiger partial charge in [0.1, 0.15) is 5.75 Å². The summed E-state index contributed by atoms with van der Waals surface area (Å²) in [5, 5.41) is 13.3. The summed E-state index contributed by atoms with van der Waals surface area (Å²) in [5.41, 5.74) is 2.01. The molecule has 0 aliphatic rings. The molecule has 0 radical (unpaired) electrons. The molecule has 0 aliphatic carbocycles. The van der Waals surface area contributed by atoms with Crippen LogP contribution in [0.25, 0.3) is 0 Å². The number of ether oxygens (including phenoxy) is 1. The molecule has 2 N–H and O–H groups in total. The second-order valence-corrected chi connectivity index (χ2v) is 8.24. The fourth-order valence-electron chi connectivity index (χ4n) is 2.69. The number of nitrogens with one attached hydrogen (secondary N) is 1. The largest absolute Gasteiger partial charge is 0.504 e. The Balaban J connectivity index is 2.15. The van der Waals surface area contributed by atoms with Crippen LogP contribution in [0.1, 0.15) is 51.7 Å². The lowest BCUT2D eigenvalue weighted by Gasteiger charge is -2.24. The Hall–Kier alpha value is -1.91. The van der Waals surface area contributed by atoms with E-state index in [4.69, 9.17) is 27.9 Å². The van der Waals surface area contributed by atoms with E-state index in [-0.39, 0.29) is 27.8 Å². The van der Waals surface area contributed by atoms with Crippen molar-refractivity contribution in [2.75, 3.05) is 5.32 Å². The highest BCUT2D eigenvalue weighted by Crippen LogP contribution is 2.39. The summed E-state index contributed by atoms with van der Waals surface area (Å²) in [6, 6.07) is 9.27. The first kappa shape index (κ1) is 22.4. The summed E-state index contributed by atoms with van der Waals surface area (Å²) < 4.78 is 5.86. The molecule has 28 heavy (non-hydrogen) atoms. The third-order valence-electron chi connectivity index (χ3n) is 5.14. The lowest BCUT2D eigenvalue weighted by Crippen LogP contribution is -2.32. The van der Waals surface area contributed by atoms with Gasteiger partial charge in [0.15, 0.2) is 11.9 Å². The zero-order chi connectivity index (χ0) is 21.1. The highest BCUT2D eigenvalue weighted by atomic mass is 35.5. The minimum atomic E-state index is -0.719. The average molecular weight is 424 g/mol. The predicted octanol–water partition coefficient (Wildman–Crippen LogP) is 6.49. The molecular weight excluding hydrogens is 397 g/mol. The summed E-state index contributed by atoms with van der Waals surface area (Å²) in [6.07, 6.45) is 0.767. The topological polar surface area (TPSA) is 58.6 Å². The molecule has 0 aliphatic heterocycles. The fourth-order valence-corrected chi connectivity index (χ4v) is 3.14. The fraction of sp³-hybridized carbons (Fsp3) is 0.409. The molecule has 2 aromatic rings. The molecular formula is C22H27Cl2NO3. The van der Waals surface area contributed by atoms with Gasteiger partial charge < -0.3 is 15.2 Å². The van der Waals surface area contributed by atoms with Crippen LogP contribution in [0.15, 0.2) is 30.3 Å². The lowest BCUT2D eigenvalue weighted by molar-refractivity contribution is -0.122. The second-order valence-electron chi connectivity index (χ2n) is 7.46. The van der Waals surface area contributed by atoms with E-state index in [1.807, 2.05) is 31.2 Å². The Bertz CT molecular complexity index is 848. The van der Waals surface area contributed by atoms with Gasteiger partial charge in [0, 0.05) is 5.02 Å². The molecule has 1 atom stereocenters. The summed E-state index contributed by atoms with van der Waals surface area (Å²) in [7, 11) is 0. The highest BCUT2D eigenvalue weighted by molar-refractivity contribution is 6.37. The van der Waals surface area contributed by atoms with Crippen molar-refractivity contribution in [3.8, 4) is 11.5 Å². The molecule has 6 heteroatoms. The van der Waals surface area contributed by atoms with Crippen LogP contribution < -0.4 is 10.1 Å². The molecule has 1 amide bonds. The number of amides is 1. The number of hydrogen-bond donors (Lipinski definition) is 2. The molecule has 1 unspecified atom stereocenters. The van der Waals surface area contributed by atoms with Crippen molar-refractivity contribution in [1.82, 2.24) is 0 Å². The van der Waals surface area contributed by atoms with Gasteiger partial charge in [-0.3, -0.25) is 4.79 Å². The van der Waals surface area contributed by atoms with Crippen molar-refractivity contribution in [2.24, 2.45) is 0 Å². The quantitative estimate of drug-likeness (QED) is 0.500. The molecule has 2 rings (SSSR count). The summed E-state index contributed by atoms with van der Waals surface area (Å²) in [6.45, 7) is 10.1. The van der Waals surface area contributed by atoms with Crippen molar-refractivity contribution in [1.29, 1.82) is 0 Å². The Morgan fingerprint density at radius 1 is 1.21 bits per heavy atom. The van der Waals surface area contributed by atoms with Crippen LogP contribution in [0.2, 0.25) is 10.0 Å². The molecule has 0 aromatic heterocycles. The maximum absolute atomic E-state index is 12.6. The van der Waals surface area contributed by atoms with Crippen LogP contribution in [-0.2, 0) is 10.2 Å². The van der Waals surface area contributed by atoms with Gasteiger partial charge in [-0.1, -0.05) is 63.0 Å². The number of anilines is 1. The van der Waals surface area contributed by atoms with E-state index >= 15 is 0 Å². The monoisotopic (exact) mass is 423 g/mol. The zero-order valence-corrected chi connectivity index (χ0v) is 18.4. The number of benzene rings is 2. The molecule has 4 nitrogen and oxygen atoms in total. The van der Waals surface area contributed by atoms with Crippen LogP contribution in [-0.4, -0.2) is 17.1 Å². The Kier molecular flexibility index (Phi) is 7.24. The van der Waals surface area contributed by atoms with Gasteiger partial charge in [-0.2, -0.15) is 0 Å². The van der Waals surface area contributed by atoms with E-state index in [9.17, 15) is 9.90 Å². The van der Waals surface area contributed by atoms with Gasteiger partial charge in [0.05, 0.1) is 10.7 Å². The molecule has 0 spiro atoms. The minimum absolute atomic E-state index is 0.0849. The number of carbonyl (C=O) groups excluding carboxylic acids is 1. The maximum Gasteiger partial charge on any atom is 0.265 e. The lowest BCUT2D eigenvalue weighted by atomic mass is 9.82. The number of aromatic hydroxyl groups is 1. The number of rotatable bonds is 7. The van der Waals surface area contributed by atoms with E-state index in [0.717, 1.165) is 6.42 Å². The van der Waals surface area contributed by atoms with Crippen LogP contribution in [0.3, 0.4) is 0 Å². The number of carbonyl (C=O) groups is 1. The second kappa shape index (κ2) is 9.06. The Labute approximate surface area is 176 Å². The van der Waals surface area contributed by atoms with Gasteiger partial charge in [-0.25, -0.2) is 0 Å². The Morgan fingerprint density at radius 2 is 1.82 bits per heavy atom. The van der Waals surface area contributed by atoms with Crippen LogP contribution in [0.4, 0.5) is 5.69 Å². The Morgan fingerprint density at radius 3 is 2.36 bits per heavy atom. The van der Waals surface area contributed by atoms with E-state index in [2.05, 4.69) is 26.1 Å². The number of hydrogen-bond acceptors (Lipinski definition) is 3. The zero-order valence-electron chi connectivity index (χ0n) is 16.9. The first-order valence-corrected chi connectivity index (χ1v) is 10.1. The molecule has 0 fully saturated rings. The van der Waals surface area contributed by atoms with Gasteiger partial charge in [0.2, 0.25) is 0 Å². The van der Waals surface area contributed by atoms with Crippen molar-refractivity contribution >= 4 is 34.8 Å². The van der Waals surface area contributed by atoms with E-state index in [0.29, 0.717) is 22.8 Å². The summed E-state index contributed by atoms with van der Waals surface area (Å²) >= 11 is 12.2. The average Bonchev–Trinajstić information content (AvgIpc) is 2.68. The maximum atomic E-state index is 12.6. The van der Waals surface area contributed by atoms with Crippen LogP contribution in [0.5, 0.6) is 11.5 Å². The van der Waals surface area contributed by atoms with Gasteiger partial charge in [-0.05, 0) is 54.5 Å². The molecule has 0 saturated heterocycles. The minimum Gasteiger partial charge on any atom is -0.504 e. The van der Waals surface area contributed by atoms with E-state index in [1.54, 1.807) is 6.92 Å². The van der Waals surface area contributed by atoms with Gasteiger partial charge in [-0.15, -0.1) is 0 Å². The standard InChI is InChI=1S/C22H27Cl2NO3/c1-6-18(28-15-10-8-14(9-11-15)22(4,5)7-2)21(27)25-17-12-16(23)13(3)19(24)20(17)26/h8-12,18,26H,6-7H2,1-5H3,(H,25,27). The predicted molar refractivity (Wildman–Crippen MR) is 116 cm³/mol. The highest BCUT2D eigenvalue weighted by Gasteiger charge is 2.22. The van der Waals surface area contributed by atoms with Crippen molar-refractivity contribution < 1.29 is 14.6 Å². The molecule has 0 saturated carbocycles.